The highest BCUT2D eigenvalue weighted by Gasteiger charge is 2.49. The van der Waals surface area contributed by atoms with Crippen LogP contribution in [-0.2, 0) is 14.6 Å². The first-order valence-corrected chi connectivity index (χ1v) is 9.38. The Balaban J connectivity index is 2.02. The van der Waals surface area contributed by atoms with E-state index >= 15 is 0 Å². The van der Waals surface area contributed by atoms with Crippen molar-refractivity contribution in [3.8, 4) is 0 Å². The topological polar surface area (TPSA) is 66.8 Å². The predicted octanol–water partition coefficient (Wildman–Crippen LogP) is 1.62. The van der Waals surface area contributed by atoms with Crippen molar-refractivity contribution in [2.45, 2.75) is 25.1 Å². The Bertz CT molecular complexity index is 710. The molecule has 0 aromatic heterocycles. The Hall–Kier alpha value is -1.34. The van der Waals surface area contributed by atoms with Crippen LogP contribution in [0, 0.1) is 6.92 Å². The van der Waals surface area contributed by atoms with Gasteiger partial charge in [-0.05, 0) is 19.1 Å². The van der Waals surface area contributed by atoms with Crippen LogP contribution in [0.25, 0.3) is 0 Å². The van der Waals surface area contributed by atoms with Crippen molar-refractivity contribution in [3.63, 3.8) is 0 Å². The van der Waals surface area contributed by atoms with Gasteiger partial charge in [-0.1, -0.05) is 29.5 Å². The Morgan fingerprint density at radius 1 is 1.29 bits per heavy atom. The summed E-state index contributed by atoms with van der Waals surface area (Å²) in [5, 5.41) is 0.561. The number of amidine groups is 1. The minimum absolute atomic E-state index is 0.0468. The first kappa shape index (κ1) is 14.6. The van der Waals surface area contributed by atoms with Gasteiger partial charge in [-0.2, -0.15) is 4.99 Å². The summed E-state index contributed by atoms with van der Waals surface area (Å²) >= 11 is 1.39. The van der Waals surface area contributed by atoms with E-state index in [-0.39, 0.29) is 28.7 Å². The summed E-state index contributed by atoms with van der Waals surface area (Å²) in [5.74, 6) is 0.00863. The molecule has 1 aromatic carbocycles. The van der Waals surface area contributed by atoms with Crippen molar-refractivity contribution in [2.24, 2.45) is 4.99 Å². The number of benzene rings is 1. The lowest BCUT2D eigenvalue weighted by Crippen LogP contribution is -2.37. The second-order valence-corrected chi connectivity index (χ2v) is 8.78. The number of carbonyl (C=O) groups excluding carboxylic acids is 1. The second-order valence-electron chi connectivity index (χ2n) is 5.42. The minimum Gasteiger partial charge on any atom is -0.316 e. The van der Waals surface area contributed by atoms with Crippen molar-refractivity contribution in [3.05, 3.63) is 29.8 Å². The summed E-state index contributed by atoms with van der Waals surface area (Å²) in [7, 11) is -3.01. The molecule has 0 saturated carbocycles. The Morgan fingerprint density at radius 2 is 1.95 bits per heavy atom. The molecule has 112 valence electrons. The van der Waals surface area contributed by atoms with Crippen LogP contribution < -0.4 is 4.90 Å². The van der Waals surface area contributed by atoms with Crippen LogP contribution in [0.3, 0.4) is 0 Å². The number of sulfone groups is 1. The van der Waals surface area contributed by atoms with Crippen molar-refractivity contribution in [1.82, 2.24) is 0 Å². The second kappa shape index (κ2) is 5.14. The van der Waals surface area contributed by atoms with Gasteiger partial charge in [0.25, 0.3) is 0 Å². The number of thioether (sulfide) groups is 1. The quantitative estimate of drug-likeness (QED) is 0.785. The van der Waals surface area contributed by atoms with E-state index in [1.54, 1.807) is 0 Å². The number of amides is 1. The molecular formula is C14H16N2O3S2. The summed E-state index contributed by atoms with van der Waals surface area (Å²) in [5.41, 5.74) is 2.02. The molecular weight excluding hydrogens is 308 g/mol. The highest BCUT2D eigenvalue weighted by molar-refractivity contribution is 8.16. The number of nitrogens with zero attached hydrogens (tertiary/aromatic N) is 2. The first-order chi connectivity index (χ1) is 9.85. The standard InChI is InChI=1S/C14H16N2O3S2/c1-9-3-5-11(6-4-9)16-12-7-21(18,19)8-13(12)20-14(16)15-10(2)17/h3-6,12-13H,7-8H2,1-2H3/t12-,13-/m1/s1. The number of carbonyl (C=O) groups is 1. The molecule has 2 saturated heterocycles. The molecule has 0 bridgehead atoms. The lowest BCUT2D eigenvalue weighted by molar-refractivity contribution is -0.115. The molecule has 1 aromatic rings. The van der Waals surface area contributed by atoms with Gasteiger partial charge in [0.15, 0.2) is 15.0 Å². The van der Waals surface area contributed by atoms with Gasteiger partial charge in [0.1, 0.15) is 0 Å². The summed E-state index contributed by atoms with van der Waals surface area (Å²) < 4.78 is 23.7. The summed E-state index contributed by atoms with van der Waals surface area (Å²) in [6.07, 6.45) is 0. The molecule has 2 fully saturated rings. The van der Waals surface area contributed by atoms with Gasteiger partial charge in [-0.15, -0.1) is 0 Å². The van der Waals surface area contributed by atoms with E-state index in [1.807, 2.05) is 36.1 Å². The van der Waals surface area contributed by atoms with E-state index in [4.69, 9.17) is 0 Å². The lowest BCUT2D eigenvalue weighted by atomic mass is 10.1. The van der Waals surface area contributed by atoms with Gasteiger partial charge in [-0.25, -0.2) is 8.42 Å². The molecule has 2 aliphatic rings. The fourth-order valence-corrected chi connectivity index (χ4v) is 6.66. The maximum absolute atomic E-state index is 11.9. The fourth-order valence-electron chi connectivity index (χ4n) is 2.71. The van der Waals surface area contributed by atoms with Crippen molar-refractivity contribution in [2.75, 3.05) is 16.4 Å². The summed E-state index contributed by atoms with van der Waals surface area (Å²) in [4.78, 5) is 17.3. The van der Waals surface area contributed by atoms with Gasteiger partial charge in [0, 0.05) is 17.9 Å². The van der Waals surface area contributed by atoms with Gasteiger partial charge < -0.3 is 4.90 Å². The third-order valence-electron chi connectivity index (χ3n) is 3.63. The number of fused-ring (bicyclic) bond motifs is 1. The van der Waals surface area contributed by atoms with Crippen molar-refractivity contribution >= 4 is 38.4 Å². The van der Waals surface area contributed by atoms with Crippen LogP contribution in [0.1, 0.15) is 12.5 Å². The Morgan fingerprint density at radius 3 is 2.57 bits per heavy atom. The number of rotatable bonds is 1. The van der Waals surface area contributed by atoms with Gasteiger partial charge in [-0.3, -0.25) is 4.79 Å². The van der Waals surface area contributed by atoms with E-state index in [2.05, 4.69) is 4.99 Å². The zero-order valence-corrected chi connectivity index (χ0v) is 13.4. The van der Waals surface area contributed by atoms with E-state index in [1.165, 1.54) is 18.7 Å². The van der Waals surface area contributed by atoms with Crippen molar-refractivity contribution < 1.29 is 13.2 Å². The number of anilines is 1. The normalized spacial score (nSPS) is 28.9. The highest BCUT2D eigenvalue weighted by atomic mass is 32.2. The number of hydrogen-bond acceptors (Lipinski definition) is 4. The molecule has 0 spiro atoms. The SMILES string of the molecule is CC(=O)N=C1S[C@@H]2CS(=O)(=O)C[C@H]2N1c1ccc(C)cc1. The molecule has 21 heavy (non-hydrogen) atoms. The van der Waals surface area contributed by atoms with E-state index in [9.17, 15) is 13.2 Å². The molecule has 1 amide bonds. The first-order valence-electron chi connectivity index (χ1n) is 6.68. The molecule has 0 aliphatic carbocycles. The molecule has 0 radical (unpaired) electrons. The third-order valence-corrected chi connectivity index (χ3v) is 6.84. The number of aliphatic imine (C=N–C) groups is 1. The monoisotopic (exact) mass is 324 g/mol. The van der Waals surface area contributed by atoms with E-state index < -0.39 is 9.84 Å². The molecule has 3 rings (SSSR count). The average molecular weight is 324 g/mol. The molecule has 2 heterocycles. The summed E-state index contributed by atoms with van der Waals surface area (Å²) in [6.45, 7) is 3.40. The van der Waals surface area contributed by atoms with Gasteiger partial charge in [0.2, 0.25) is 5.91 Å². The highest BCUT2D eigenvalue weighted by Crippen LogP contribution is 2.40. The number of hydrogen-bond donors (Lipinski definition) is 0. The van der Waals surface area contributed by atoms with Crippen LogP contribution >= 0.6 is 11.8 Å². The Labute approximate surface area is 128 Å². The van der Waals surface area contributed by atoms with Gasteiger partial charge >= 0.3 is 0 Å². The van der Waals surface area contributed by atoms with Crippen LogP contribution in [0.4, 0.5) is 5.69 Å². The molecule has 2 atom stereocenters. The molecule has 5 nitrogen and oxygen atoms in total. The maximum atomic E-state index is 11.9. The fraction of sp³-hybridized carbons (Fsp3) is 0.429. The van der Waals surface area contributed by atoms with Crippen LogP contribution in [0.15, 0.2) is 29.3 Å². The third kappa shape index (κ3) is 2.85. The number of aryl methyl sites for hydroxylation is 1. The van der Waals surface area contributed by atoms with Crippen LogP contribution in [0.5, 0.6) is 0 Å². The maximum Gasteiger partial charge on any atom is 0.244 e. The minimum atomic E-state index is -3.01. The van der Waals surface area contributed by atoms with E-state index in [0.717, 1.165) is 11.3 Å². The zero-order valence-electron chi connectivity index (χ0n) is 11.8. The molecule has 0 unspecified atom stereocenters. The zero-order chi connectivity index (χ0) is 15.2. The van der Waals surface area contributed by atoms with Crippen LogP contribution in [-0.4, -0.2) is 42.3 Å². The average Bonchev–Trinajstić information content (AvgIpc) is 2.81. The smallest absolute Gasteiger partial charge is 0.244 e. The molecule has 0 N–H and O–H groups in total. The molecule has 2 aliphatic heterocycles. The van der Waals surface area contributed by atoms with Crippen molar-refractivity contribution in [1.29, 1.82) is 0 Å². The molecule has 7 heteroatoms. The summed E-state index contributed by atoms with van der Waals surface area (Å²) in [6, 6.07) is 7.70. The van der Waals surface area contributed by atoms with E-state index in [0.29, 0.717) is 5.17 Å². The van der Waals surface area contributed by atoms with Gasteiger partial charge in [0.05, 0.1) is 17.5 Å². The van der Waals surface area contributed by atoms with Crippen LogP contribution in [0.2, 0.25) is 0 Å². The predicted molar refractivity (Wildman–Crippen MR) is 85.6 cm³/mol. The Kier molecular flexibility index (Phi) is 3.57. The largest absolute Gasteiger partial charge is 0.316 e. The lowest BCUT2D eigenvalue weighted by Gasteiger charge is -2.24.